The second kappa shape index (κ2) is 8.23. The van der Waals surface area contributed by atoms with Crippen LogP contribution in [0.1, 0.15) is 37.7 Å². The summed E-state index contributed by atoms with van der Waals surface area (Å²) < 4.78 is 5.24. The van der Waals surface area contributed by atoms with Gasteiger partial charge in [-0.1, -0.05) is 18.5 Å². The summed E-state index contributed by atoms with van der Waals surface area (Å²) in [7, 11) is 7.10. The number of hydrogen-bond acceptors (Lipinski definition) is 3. The van der Waals surface area contributed by atoms with E-state index in [1.807, 2.05) is 29.2 Å². The van der Waals surface area contributed by atoms with Crippen molar-refractivity contribution in [2.24, 2.45) is 0 Å². The van der Waals surface area contributed by atoms with Gasteiger partial charge in [0.25, 0.3) is 0 Å². The molecule has 1 amide bonds. The van der Waals surface area contributed by atoms with E-state index >= 15 is 0 Å². The highest BCUT2D eigenvalue weighted by molar-refractivity contribution is 6.08. The number of nitrogens with zero attached hydrogens (tertiary/aromatic N) is 1. The van der Waals surface area contributed by atoms with E-state index in [1.165, 1.54) is 0 Å². The molecule has 1 fully saturated rings. The van der Waals surface area contributed by atoms with Crippen molar-refractivity contribution in [1.29, 1.82) is 0 Å². The Kier molecular flexibility index (Phi) is 6.31. The lowest BCUT2D eigenvalue weighted by molar-refractivity contribution is -0.137. The first-order chi connectivity index (χ1) is 10.6. The smallest absolute Gasteiger partial charge is 0.223 e. The molecule has 5 heteroatoms. The van der Waals surface area contributed by atoms with Crippen molar-refractivity contribution in [3.8, 4) is 5.75 Å². The van der Waals surface area contributed by atoms with E-state index in [2.05, 4.69) is 0 Å². The van der Waals surface area contributed by atoms with Crippen molar-refractivity contribution in [3.63, 3.8) is 0 Å². The van der Waals surface area contributed by atoms with Crippen LogP contribution in [-0.4, -0.2) is 43.0 Å². The summed E-state index contributed by atoms with van der Waals surface area (Å²) in [4.78, 5) is 14.2. The largest absolute Gasteiger partial charge is 0.497 e. The molecule has 0 aromatic heterocycles. The lowest BCUT2D eigenvalue weighted by atomic mass is 9.91. The first-order valence-corrected chi connectivity index (χ1v) is 7.94. The normalized spacial score (nSPS) is 20.0. The van der Waals surface area contributed by atoms with Gasteiger partial charge in [0.15, 0.2) is 0 Å². The minimum absolute atomic E-state index is 0.189. The number of aliphatic hydroxyl groups is 1. The van der Waals surface area contributed by atoms with Gasteiger partial charge in [-0.05, 0) is 43.4 Å². The number of likely N-dealkylation sites (tertiary alicyclic amines) is 1. The first-order valence-electron chi connectivity index (χ1n) is 7.94. The molecule has 1 aromatic carbocycles. The Morgan fingerprint density at radius 2 is 2.32 bits per heavy atom. The Labute approximate surface area is 133 Å². The van der Waals surface area contributed by atoms with E-state index in [4.69, 9.17) is 12.6 Å². The predicted octanol–water partition coefficient (Wildman–Crippen LogP) is 2.30. The fourth-order valence-corrected chi connectivity index (χ4v) is 2.98. The molecule has 2 rings (SSSR count). The molecule has 2 unspecified atom stereocenters. The fraction of sp³-hybridized carbons (Fsp3) is 0.588. The number of benzene rings is 1. The van der Waals surface area contributed by atoms with Crippen LogP contribution in [-0.2, 0) is 11.3 Å². The summed E-state index contributed by atoms with van der Waals surface area (Å²) >= 11 is 0. The average molecular weight is 301 g/mol. The Balaban J connectivity index is 2.04. The molecular formula is C17H24BNO3. The van der Waals surface area contributed by atoms with Crippen LogP contribution in [0.15, 0.2) is 24.3 Å². The monoisotopic (exact) mass is 301 g/mol. The van der Waals surface area contributed by atoms with Crippen molar-refractivity contribution < 1.29 is 14.6 Å². The van der Waals surface area contributed by atoms with E-state index in [1.54, 1.807) is 7.11 Å². The van der Waals surface area contributed by atoms with Crippen LogP contribution in [0.2, 0.25) is 6.32 Å². The third-order valence-electron chi connectivity index (χ3n) is 4.28. The minimum atomic E-state index is -0.476. The van der Waals surface area contributed by atoms with Gasteiger partial charge in [-0.15, -0.1) is 0 Å². The molecule has 1 aromatic rings. The quantitative estimate of drug-likeness (QED) is 0.786. The molecular weight excluding hydrogens is 277 g/mol. The number of piperidine rings is 1. The molecule has 1 aliphatic heterocycles. The summed E-state index contributed by atoms with van der Waals surface area (Å²) in [5, 5.41) is 9.65. The standard InChI is InChI=1S/C17H24BNO3/c1-22-16-6-2-4-13(10-16)12-19-14(5-3-7-17(19)21)8-9-15(20)11-18/h2,4,6,10,14-15,20H,3,5,7-9,11-12H2,1H3. The molecule has 1 heterocycles. The van der Waals surface area contributed by atoms with E-state index in [9.17, 15) is 9.90 Å². The molecule has 1 N–H and O–H groups in total. The third-order valence-corrected chi connectivity index (χ3v) is 4.28. The number of aliphatic hydroxyl groups excluding tert-OH is 1. The van der Waals surface area contributed by atoms with Gasteiger partial charge in [0.05, 0.1) is 15.0 Å². The van der Waals surface area contributed by atoms with Gasteiger partial charge in [-0.25, -0.2) is 0 Å². The molecule has 1 saturated heterocycles. The molecule has 0 aliphatic carbocycles. The zero-order valence-electron chi connectivity index (χ0n) is 13.2. The second-order valence-electron chi connectivity index (χ2n) is 5.89. The van der Waals surface area contributed by atoms with Gasteiger partial charge in [0.1, 0.15) is 5.75 Å². The van der Waals surface area contributed by atoms with Crippen LogP contribution in [0.5, 0.6) is 5.75 Å². The van der Waals surface area contributed by atoms with Gasteiger partial charge in [-0.2, -0.15) is 0 Å². The van der Waals surface area contributed by atoms with E-state index < -0.39 is 6.10 Å². The fourth-order valence-electron chi connectivity index (χ4n) is 2.98. The average Bonchev–Trinajstić information content (AvgIpc) is 2.55. The summed E-state index contributed by atoms with van der Waals surface area (Å²) in [5.41, 5.74) is 1.07. The first kappa shape index (κ1) is 16.9. The van der Waals surface area contributed by atoms with Crippen molar-refractivity contribution >= 4 is 13.8 Å². The molecule has 0 bridgehead atoms. The summed E-state index contributed by atoms with van der Waals surface area (Å²) in [6.07, 6.45) is 3.77. The molecule has 2 radical (unpaired) electrons. The van der Waals surface area contributed by atoms with Crippen LogP contribution >= 0.6 is 0 Å². The van der Waals surface area contributed by atoms with Gasteiger partial charge in [0.2, 0.25) is 5.91 Å². The third kappa shape index (κ3) is 4.50. The molecule has 1 aliphatic rings. The van der Waals surface area contributed by atoms with Gasteiger partial charge < -0.3 is 14.7 Å². The molecule has 4 nitrogen and oxygen atoms in total. The number of methoxy groups -OCH3 is 1. The highest BCUT2D eigenvalue weighted by Crippen LogP contribution is 2.25. The van der Waals surface area contributed by atoms with Gasteiger partial charge >= 0.3 is 0 Å². The van der Waals surface area contributed by atoms with Gasteiger partial charge in [-0.3, -0.25) is 4.79 Å². The highest BCUT2D eigenvalue weighted by Gasteiger charge is 2.28. The number of carbonyl (C=O) groups excluding carboxylic acids is 1. The highest BCUT2D eigenvalue weighted by atomic mass is 16.5. The zero-order valence-corrected chi connectivity index (χ0v) is 13.2. The maximum absolute atomic E-state index is 12.3. The second-order valence-corrected chi connectivity index (χ2v) is 5.89. The predicted molar refractivity (Wildman–Crippen MR) is 87.0 cm³/mol. The lowest BCUT2D eigenvalue weighted by Crippen LogP contribution is -2.43. The summed E-state index contributed by atoms with van der Waals surface area (Å²) in [5.74, 6) is 0.998. The van der Waals surface area contributed by atoms with E-state index in [0.29, 0.717) is 19.4 Å². The van der Waals surface area contributed by atoms with Crippen LogP contribution < -0.4 is 4.74 Å². The van der Waals surface area contributed by atoms with Crippen LogP contribution in [0.4, 0.5) is 0 Å². The molecule has 2 atom stereocenters. The van der Waals surface area contributed by atoms with E-state index in [-0.39, 0.29) is 18.3 Å². The molecule has 22 heavy (non-hydrogen) atoms. The summed E-state index contributed by atoms with van der Waals surface area (Å²) in [6, 6.07) is 8.00. The molecule has 118 valence electrons. The zero-order chi connectivity index (χ0) is 15.9. The SMILES string of the molecule is [B]CC(O)CCC1CCCC(=O)N1Cc1cccc(OC)c1. The van der Waals surface area contributed by atoms with Crippen molar-refractivity contribution in [1.82, 2.24) is 4.90 Å². The van der Waals surface area contributed by atoms with Crippen molar-refractivity contribution in [3.05, 3.63) is 29.8 Å². The topological polar surface area (TPSA) is 49.8 Å². The Hall–Kier alpha value is -1.49. The maximum atomic E-state index is 12.3. The minimum Gasteiger partial charge on any atom is -0.497 e. The maximum Gasteiger partial charge on any atom is 0.223 e. The molecule has 0 saturated carbocycles. The van der Waals surface area contributed by atoms with Crippen LogP contribution in [0, 0.1) is 0 Å². The van der Waals surface area contributed by atoms with E-state index in [0.717, 1.165) is 30.6 Å². The summed E-state index contributed by atoms with van der Waals surface area (Å²) in [6.45, 7) is 0.597. The van der Waals surface area contributed by atoms with Crippen LogP contribution in [0.25, 0.3) is 0 Å². The van der Waals surface area contributed by atoms with Crippen LogP contribution in [0.3, 0.4) is 0 Å². The Bertz CT molecular complexity index is 495. The lowest BCUT2D eigenvalue weighted by Gasteiger charge is -2.36. The Morgan fingerprint density at radius 1 is 1.50 bits per heavy atom. The number of ether oxygens (including phenoxy) is 1. The van der Waals surface area contributed by atoms with Gasteiger partial charge in [0, 0.05) is 25.1 Å². The number of hydrogen-bond donors (Lipinski definition) is 1. The Morgan fingerprint density at radius 3 is 3.05 bits per heavy atom. The van der Waals surface area contributed by atoms with Crippen molar-refractivity contribution in [2.45, 2.75) is 57.1 Å². The number of amides is 1. The number of rotatable bonds is 7. The van der Waals surface area contributed by atoms with Crippen molar-refractivity contribution in [2.75, 3.05) is 7.11 Å². The molecule has 0 spiro atoms. The number of carbonyl (C=O) groups is 1.